The molecular weight excluding hydrogens is 376 g/mol. The minimum Gasteiger partial charge on any atom is -0.493 e. The number of ether oxygens (including phenoxy) is 3. The maximum Gasteiger partial charge on any atom is 0.165 e. The molecule has 3 aromatic rings. The maximum atomic E-state index is 6.10. The summed E-state index contributed by atoms with van der Waals surface area (Å²) in [6.07, 6.45) is 5.41. The monoisotopic (exact) mass is 402 g/mol. The summed E-state index contributed by atoms with van der Waals surface area (Å²) in [4.78, 5) is 6.62. The van der Waals surface area contributed by atoms with Gasteiger partial charge in [0.1, 0.15) is 19.0 Å². The lowest BCUT2D eigenvalue weighted by molar-refractivity contribution is 0.214. The van der Waals surface area contributed by atoms with Crippen molar-refractivity contribution in [2.45, 2.75) is 13.1 Å². The van der Waals surface area contributed by atoms with E-state index < -0.39 is 0 Å². The van der Waals surface area contributed by atoms with Gasteiger partial charge >= 0.3 is 0 Å². The van der Waals surface area contributed by atoms with Gasteiger partial charge in [-0.25, -0.2) is 0 Å². The molecule has 1 aliphatic rings. The quantitative estimate of drug-likeness (QED) is 0.535. The molecule has 5 heteroatoms. The van der Waals surface area contributed by atoms with Gasteiger partial charge in [0.15, 0.2) is 11.5 Å². The van der Waals surface area contributed by atoms with Gasteiger partial charge < -0.3 is 14.2 Å². The van der Waals surface area contributed by atoms with Gasteiger partial charge in [-0.15, -0.1) is 0 Å². The summed E-state index contributed by atoms with van der Waals surface area (Å²) < 4.78 is 17.6. The first-order valence-corrected chi connectivity index (χ1v) is 10.1. The first kappa shape index (κ1) is 20.0. The average Bonchev–Trinajstić information content (AvgIpc) is 3.00. The van der Waals surface area contributed by atoms with Crippen molar-refractivity contribution in [2.75, 3.05) is 26.9 Å². The average molecular weight is 402 g/mol. The number of hydrogen-bond acceptors (Lipinski definition) is 5. The van der Waals surface area contributed by atoms with E-state index in [4.69, 9.17) is 14.2 Å². The molecule has 0 amide bonds. The van der Waals surface area contributed by atoms with Crippen molar-refractivity contribution in [3.8, 4) is 28.4 Å². The Bertz CT molecular complexity index is 1000. The molecule has 30 heavy (non-hydrogen) atoms. The van der Waals surface area contributed by atoms with Crippen molar-refractivity contribution in [3.05, 3.63) is 84.7 Å². The second-order valence-electron chi connectivity index (χ2n) is 7.17. The van der Waals surface area contributed by atoms with E-state index in [9.17, 15) is 0 Å². The lowest BCUT2D eigenvalue weighted by Crippen LogP contribution is -2.25. The zero-order chi connectivity index (χ0) is 20.8. The van der Waals surface area contributed by atoms with Crippen LogP contribution >= 0.6 is 0 Å². The summed E-state index contributed by atoms with van der Waals surface area (Å²) in [6.45, 7) is 7.19. The molecule has 0 saturated heterocycles. The van der Waals surface area contributed by atoms with Crippen LogP contribution in [-0.2, 0) is 13.1 Å². The number of pyridine rings is 1. The Morgan fingerprint density at radius 1 is 1.13 bits per heavy atom. The number of fused-ring (bicyclic) bond motifs is 1. The van der Waals surface area contributed by atoms with E-state index in [0.29, 0.717) is 13.2 Å². The molecule has 0 N–H and O–H groups in total. The smallest absolute Gasteiger partial charge is 0.165 e. The summed E-state index contributed by atoms with van der Waals surface area (Å²) >= 11 is 0. The molecular formula is C25H26N2O3. The van der Waals surface area contributed by atoms with Crippen LogP contribution in [0.5, 0.6) is 17.2 Å². The van der Waals surface area contributed by atoms with Crippen LogP contribution in [0.2, 0.25) is 0 Å². The Morgan fingerprint density at radius 2 is 2.03 bits per heavy atom. The fourth-order valence-corrected chi connectivity index (χ4v) is 3.69. The van der Waals surface area contributed by atoms with Gasteiger partial charge in [-0.2, -0.15) is 0 Å². The lowest BCUT2D eigenvalue weighted by Gasteiger charge is -2.21. The fourth-order valence-electron chi connectivity index (χ4n) is 3.69. The number of methoxy groups -OCH3 is 1. The van der Waals surface area contributed by atoms with E-state index in [-0.39, 0.29) is 0 Å². The third-order valence-electron chi connectivity index (χ3n) is 5.12. The Kier molecular flexibility index (Phi) is 6.30. The number of nitrogens with zero attached hydrogens (tertiary/aromatic N) is 2. The molecule has 4 rings (SSSR count). The number of aromatic nitrogens is 1. The highest BCUT2D eigenvalue weighted by Gasteiger charge is 2.21. The van der Waals surface area contributed by atoms with E-state index in [2.05, 4.69) is 34.7 Å². The van der Waals surface area contributed by atoms with E-state index in [1.54, 1.807) is 19.4 Å². The van der Waals surface area contributed by atoms with Crippen LogP contribution in [0.3, 0.4) is 0 Å². The minimum absolute atomic E-state index is 0.495. The van der Waals surface area contributed by atoms with Crippen molar-refractivity contribution in [3.63, 3.8) is 0 Å². The van der Waals surface area contributed by atoms with Crippen LogP contribution < -0.4 is 14.2 Å². The summed E-state index contributed by atoms with van der Waals surface area (Å²) in [5.74, 6) is 2.47. The van der Waals surface area contributed by atoms with Gasteiger partial charge in [-0.1, -0.05) is 36.9 Å². The third-order valence-corrected chi connectivity index (χ3v) is 5.12. The summed E-state index contributed by atoms with van der Waals surface area (Å²) in [5.41, 5.74) is 4.38. The molecule has 2 aromatic carbocycles. The minimum atomic E-state index is 0.495. The van der Waals surface area contributed by atoms with Crippen LogP contribution in [0.1, 0.15) is 11.1 Å². The normalized spacial score (nSPS) is 13.6. The first-order chi connectivity index (χ1) is 14.8. The summed E-state index contributed by atoms with van der Waals surface area (Å²) in [6, 6.07) is 16.3. The molecule has 0 fully saturated rings. The van der Waals surface area contributed by atoms with Crippen LogP contribution in [0.15, 0.2) is 73.6 Å². The van der Waals surface area contributed by atoms with Crippen LogP contribution in [-0.4, -0.2) is 36.8 Å². The molecule has 0 spiro atoms. The number of para-hydroxylation sites is 1. The predicted molar refractivity (Wildman–Crippen MR) is 118 cm³/mol. The molecule has 0 unspecified atom stereocenters. The van der Waals surface area contributed by atoms with Gasteiger partial charge in [0.2, 0.25) is 0 Å². The van der Waals surface area contributed by atoms with Crippen LogP contribution in [0.25, 0.3) is 11.1 Å². The molecule has 1 aromatic heterocycles. The second-order valence-corrected chi connectivity index (χ2v) is 7.17. The molecule has 1 aliphatic heterocycles. The van der Waals surface area contributed by atoms with Gasteiger partial charge in [0.25, 0.3) is 0 Å². The highest BCUT2D eigenvalue weighted by atomic mass is 16.5. The van der Waals surface area contributed by atoms with E-state index in [1.807, 2.05) is 36.5 Å². The maximum absolute atomic E-state index is 6.10. The molecule has 0 radical (unpaired) electrons. The predicted octanol–water partition coefficient (Wildman–Crippen LogP) is 4.72. The number of rotatable bonds is 7. The zero-order valence-electron chi connectivity index (χ0n) is 17.2. The standard InChI is InChI=1S/C25H26N2O3/c1-3-12-29-23-9-5-4-7-20(23)17-27-11-13-30-25-22(18-27)14-21(15-24(25)28-2)19-8-6-10-26-16-19/h3-10,14-16H,1,11-13,17-18H2,2H3. The van der Waals surface area contributed by atoms with Gasteiger partial charge in [0.05, 0.1) is 7.11 Å². The van der Waals surface area contributed by atoms with E-state index >= 15 is 0 Å². The molecule has 2 heterocycles. The third kappa shape index (κ3) is 4.47. The number of hydrogen-bond donors (Lipinski definition) is 0. The van der Waals surface area contributed by atoms with Crippen molar-refractivity contribution in [1.82, 2.24) is 9.88 Å². The highest BCUT2D eigenvalue weighted by molar-refractivity contribution is 5.68. The zero-order valence-corrected chi connectivity index (χ0v) is 17.2. The van der Waals surface area contributed by atoms with Crippen molar-refractivity contribution < 1.29 is 14.2 Å². The van der Waals surface area contributed by atoms with Gasteiger partial charge in [-0.05, 0) is 29.8 Å². The molecule has 0 saturated carbocycles. The first-order valence-electron chi connectivity index (χ1n) is 10.1. The lowest BCUT2D eigenvalue weighted by atomic mass is 10.0. The highest BCUT2D eigenvalue weighted by Crippen LogP contribution is 2.38. The summed E-state index contributed by atoms with van der Waals surface area (Å²) in [7, 11) is 1.68. The van der Waals surface area contributed by atoms with Crippen molar-refractivity contribution in [2.24, 2.45) is 0 Å². The Labute approximate surface area is 177 Å². The largest absolute Gasteiger partial charge is 0.493 e. The van der Waals surface area contributed by atoms with E-state index in [1.165, 1.54) is 0 Å². The van der Waals surface area contributed by atoms with Gasteiger partial charge in [0, 0.05) is 48.7 Å². The summed E-state index contributed by atoms with van der Waals surface area (Å²) in [5, 5.41) is 0. The van der Waals surface area contributed by atoms with Gasteiger partial charge in [-0.3, -0.25) is 9.88 Å². The molecule has 0 bridgehead atoms. The van der Waals surface area contributed by atoms with E-state index in [0.717, 1.165) is 59.1 Å². The number of benzene rings is 2. The van der Waals surface area contributed by atoms with Crippen LogP contribution in [0, 0.1) is 0 Å². The fraction of sp³-hybridized carbons (Fsp3) is 0.240. The van der Waals surface area contributed by atoms with Crippen LogP contribution in [0.4, 0.5) is 0 Å². The van der Waals surface area contributed by atoms with Crippen molar-refractivity contribution >= 4 is 0 Å². The molecule has 0 atom stereocenters. The van der Waals surface area contributed by atoms with Crippen molar-refractivity contribution in [1.29, 1.82) is 0 Å². The SMILES string of the molecule is C=CCOc1ccccc1CN1CCOc2c(cc(-c3cccnc3)cc2OC)C1. The second kappa shape index (κ2) is 9.46. The molecule has 154 valence electrons. The Balaban J connectivity index is 1.62. The molecule has 5 nitrogen and oxygen atoms in total. The molecule has 0 aliphatic carbocycles. The topological polar surface area (TPSA) is 43.8 Å². The Hall–Kier alpha value is -3.31. The Morgan fingerprint density at radius 3 is 2.83 bits per heavy atom.